The molecule has 0 radical (unpaired) electrons. The van der Waals surface area contributed by atoms with Gasteiger partial charge in [0.2, 0.25) is 5.95 Å². The maximum atomic E-state index is 12.5. The third-order valence-corrected chi connectivity index (χ3v) is 5.11. The summed E-state index contributed by atoms with van der Waals surface area (Å²) in [5.41, 5.74) is 1.72. The summed E-state index contributed by atoms with van der Waals surface area (Å²) in [7, 11) is 0. The molecular formula is C18H24N6O3. The van der Waals surface area contributed by atoms with Gasteiger partial charge in [0.25, 0.3) is 5.91 Å². The van der Waals surface area contributed by atoms with Crippen molar-refractivity contribution < 1.29 is 9.53 Å². The lowest BCUT2D eigenvalue weighted by atomic mass is 9.74. The molecule has 0 saturated carbocycles. The minimum atomic E-state index is -0.400. The molecule has 0 spiro atoms. The predicted octanol–water partition coefficient (Wildman–Crippen LogP) is 0.773. The largest absolute Gasteiger partial charge is 0.378 e. The van der Waals surface area contributed by atoms with Crippen LogP contribution in [-0.4, -0.2) is 52.1 Å². The average Bonchev–Trinajstić information content (AvgIpc) is 3.07. The lowest BCUT2D eigenvalue weighted by molar-refractivity contribution is 0.0914. The van der Waals surface area contributed by atoms with Crippen LogP contribution in [0.2, 0.25) is 0 Å². The highest BCUT2D eigenvalue weighted by Gasteiger charge is 2.35. The fourth-order valence-electron chi connectivity index (χ4n) is 3.77. The van der Waals surface area contributed by atoms with Gasteiger partial charge >= 0.3 is 5.69 Å². The van der Waals surface area contributed by atoms with E-state index >= 15 is 0 Å². The number of nitrogens with zero attached hydrogens (tertiary/aromatic N) is 3. The van der Waals surface area contributed by atoms with E-state index in [0.29, 0.717) is 13.2 Å². The van der Waals surface area contributed by atoms with Crippen LogP contribution in [0.3, 0.4) is 0 Å². The van der Waals surface area contributed by atoms with Crippen LogP contribution in [0.1, 0.15) is 48.1 Å². The number of amides is 1. The van der Waals surface area contributed by atoms with Crippen LogP contribution in [0.5, 0.6) is 0 Å². The number of H-pyrrole nitrogens is 2. The highest BCUT2D eigenvalue weighted by molar-refractivity contribution is 5.92. The van der Waals surface area contributed by atoms with E-state index in [2.05, 4.69) is 39.0 Å². The molecule has 2 aliphatic rings. The van der Waals surface area contributed by atoms with Crippen LogP contribution in [-0.2, 0) is 11.2 Å². The molecule has 1 fully saturated rings. The number of fused-ring (bicyclic) bond motifs is 1. The number of aromatic amines is 2. The lowest BCUT2D eigenvalue weighted by Gasteiger charge is -2.37. The Balaban J connectivity index is 1.60. The van der Waals surface area contributed by atoms with Gasteiger partial charge in [-0.2, -0.15) is 0 Å². The lowest BCUT2D eigenvalue weighted by Crippen LogP contribution is -2.39. The summed E-state index contributed by atoms with van der Waals surface area (Å²) in [5.74, 6) is 0.397. The van der Waals surface area contributed by atoms with Gasteiger partial charge in [0, 0.05) is 31.0 Å². The van der Waals surface area contributed by atoms with E-state index in [1.165, 1.54) is 6.20 Å². The zero-order valence-electron chi connectivity index (χ0n) is 15.5. The van der Waals surface area contributed by atoms with Gasteiger partial charge in [0.1, 0.15) is 5.69 Å². The number of nitrogens with one attached hydrogen (secondary N) is 3. The van der Waals surface area contributed by atoms with Crippen molar-refractivity contribution in [2.75, 3.05) is 31.2 Å². The SMILES string of the molecule is CC1(C)Cc2nc(N3CCOCC3)ncc2C(NC(=O)c2c[nH]c(=O)[nH]2)C1. The Morgan fingerprint density at radius 2 is 2.15 bits per heavy atom. The molecular weight excluding hydrogens is 348 g/mol. The van der Waals surface area contributed by atoms with E-state index in [1.807, 2.05) is 6.20 Å². The fraction of sp³-hybridized carbons (Fsp3) is 0.556. The summed E-state index contributed by atoms with van der Waals surface area (Å²) >= 11 is 0. The van der Waals surface area contributed by atoms with E-state index in [-0.39, 0.29) is 23.1 Å². The smallest absolute Gasteiger partial charge is 0.323 e. The molecule has 1 amide bonds. The number of hydrogen-bond donors (Lipinski definition) is 3. The van der Waals surface area contributed by atoms with Crippen molar-refractivity contribution in [2.24, 2.45) is 5.41 Å². The van der Waals surface area contributed by atoms with E-state index < -0.39 is 5.69 Å². The first-order valence-electron chi connectivity index (χ1n) is 9.18. The van der Waals surface area contributed by atoms with Crippen LogP contribution < -0.4 is 15.9 Å². The molecule has 2 aromatic rings. The Labute approximate surface area is 156 Å². The summed E-state index contributed by atoms with van der Waals surface area (Å²) in [6.07, 6.45) is 4.81. The standard InChI is InChI=1S/C18H24N6O3/c1-18(2)7-12(21-15(25)14-10-20-17(26)23-14)11-9-19-16(22-13(11)8-18)24-3-5-27-6-4-24/h9-10,12H,3-8H2,1-2H3,(H,21,25)(H2,20,23,26). The van der Waals surface area contributed by atoms with Crippen LogP contribution >= 0.6 is 0 Å². The van der Waals surface area contributed by atoms with Crippen molar-refractivity contribution in [1.29, 1.82) is 0 Å². The Kier molecular flexibility index (Phi) is 4.47. The van der Waals surface area contributed by atoms with Crippen molar-refractivity contribution in [1.82, 2.24) is 25.3 Å². The number of carbonyl (C=O) groups is 1. The van der Waals surface area contributed by atoms with E-state index in [0.717, 1.165) is 43.1 Å². The van der Waals surface area contributed by atoms with Gasteiger partial charge in [-0.1, -0.05) is 13.8 Å². The average molecular weight is 372 g/mol. The second-order valence-electron chi connectivity index (χ2n) is 7.90. The number of imidazole rings is 1. The number of anilines is 1. The van der Waals surface area contributed by atoms with E-state index in [1.54, 1.807) is 0 Å². The van der Waals surface area contributed by atoms with Crippen LogP contribution in [0.25, 0.3) is 0 Å². The van der Waals surface area contributed by atoms with Crippen molar-refractivity contribution in [3.05, 3.63) is 39.8 Å². The molecule has 1 unspecified atom stereocenters. The number of morpholine rings is 1. The van der Waals surface area contributed by atoms with Gasteiger partial charge < -0.3 is 24.9 Å². The number of hydrogen-bond acceptors (Lipinski definition) is 6. The van der Waals surface area contributed by atoms with Crippen molar-refractivity contribution in [3.8, 4) is 0 Å². The second-order valence-corrected chi connectivity index (χ2v) is 7.90. The maximum absolute atomic E-state index is 12.5. The highest BCUT2D eigenvalue weighted by Crippen LogP contribution is 2.40. The molecule has 1 aliphatic heterocycles. The van der Waals surface area contributed by atoms with Gasteiger partial charge in [0.15, 0.2) is 0 Å². The number of carbonyl (C=O) groups excluding carboxylic acids is 1. The Morgan fingerprint density at radius 3 is 2.85 bits per heavy atom. The first kappa shape index (κ1) is 17.7. The summed E-state index contributed by atoms with van der Waals surface area (Å²) in [5, 5.41) is 3.02. The topological polar surface area (TPSA) is 116 Å². The van der Waals surface area contributed by atoms with E-state index in [9.17, 15) is 9.59 Å². The molecule has 1 saturated heterocycles. The van der Waals surface area contributed by atoms with Gasteiger partial charge in [-0.3, -0.25) is 4.79 Å². The van der Waals surface area contributed by atoms with Crippen molar-refractivity contribution >= 4 is 11.9 Å². The molecule has 4 rings (SSSR count). The highest BCUT2D eigenvalue weighted by atomic mass is 16.5. The molecule has 1 aliphatic carbocycles. The Hall–Kier alpha value is -2.68. The zero-order valence-corrected chi connectivity index (χ0v) is 15.5. The predicted molar refractivity (Wildman–Crippen MR) is 98.8 cm³/mol. The maximum Gasteiger partial charge on any atom is 0.323 e. The molecule has 144 valence electrons. The fourth-order valence-corrected chi connectivity index (χ4v) is 3.77. The molecule has 2 aromatic heterocycles. The molecule has 3 N–H and O–H groups in total. The third-order valence-electron chi connectivity index (χ3n) is 5.11. The molecule has 3 heterocycles. The summed E-state index contributed by atoms with van der Waals surface area (Å²) in [6.45, 7) is 7.26. The normalized spacial score (nSPS) is 21.6. The first-order valence-corrected chi connectivity index (χ1v) is 9.18. The molecule has 1 atom stereocenters. The second kappa shape index (κ2) is 6.80. The number of rotatable bonds is 3. The summed E-state index contributed by atoms with van der Waals surface area (Å²) in [6, 6.07) is -0.201. The summed E-state index contributed by atoms with van der Waals surface area (Å²) < 4.78 is 5.40. The molecule has 9 nitrogen and oxygen atoms in total. The minimum absolute atomic E-state index is 0.00681. The molecule has 27 heavy (non-hydrogen) atoms. The first-order chi connectivity index (χ1) is 12.9. The molecule has 0 bridgehead atoms. The van der Waals surface area contributed by atoms with Gasteiger partial charge in [-0.25, -0.2) is 14.8 Å². The van der Waals surface area contributed by atoms with Gasteiger partial charge in [0.05, 0.1) is 24.9 Å². The summed E-state index contributed by atoms with van der Waals surface area (Å²) in [4.78, 5) is 40.2. The molecule has 9 heteroatoms. The van der Waals surface area contributed by atoms with E-state index in [4.69, 9.17) is 9.72 Å². The number of ether oxygens (including phenoxy) is 1. The quantitative estimate of drug-likeness (QED) is 0.733. The third kappa shape index (κ3) is 3.73. The Bertz CT molecular complexity index is 896. The van der Waals surface area contributed by atoms with Gasteiger partial charge in [-0.05, 0) is 18.3 Å². The molecule has 0 aromatic carbocycles. The minimum Gasteiger partial charge on any atom is -0.378 e. The van der Waals surface area contributed by atoms with Gasteiger partial charge in [-0.15, -0.1) is 0 Å². The monoisotopic (exact) mass is 372 g/mol. The Morgan fingerprint density at radius 1 is 1.37 bits per heavy atom. The van der Waals surface area contributed by atoms with Crippen LogP contribution in [0.4, 0.5) is 5.95 Å². The van der Waals surface area contributed by atoms with Crippen molar-refractivity contribution in [3.63, 3.8) is 0 Å². The van der Waals surface area contributed by atoms with Crippen molar-refractivity contribution in [2.45, 2.75) is 32.7 Å². The zero-order chi connectivity index (χ0) is 19.0. The number of aromatic nitrogens is 4. The van der Waals surface area contributed by atoms with Crippen LogP contribution in [0, 0.1) is 5.41 Å². The van der Waals surface area contributed by atoms with Crippen LogP contribution in [0.15, 0.2) is 17.2 Å².